The minimum absolute atomic E-state index is 0.241. The molecule has 1 aromatic carbocycles. The molecule has 1 aliphatic heterocycles. The Bertz CT molecular complexity index is 433. The molecule has 0 bridgehead atoms. The van der Waals surface area contributed by atoms with Gasteiger partial charge in [-0.15, -0.1) is 0 Å². The van der Waals surface area contributed by atoms with Crippen molar-refractivity contribution in [1.82, 2.24) is 4.90 Å². The van der Waals surface area contributed by atoms with Crippen molar-refractivity contribution in [2.45, 2.75) is 12.8 Å². The molecule has 0 spiro atoms. The lowest BCUT2D eigenvalue weighted by Crippen LogP contribution is -2.28. The van der Waals surface area contributed by atoms with Crippen LogP contribution in [-0.2, 0) is 16.0 Å². The maximum absolute atomic E-state index is 11.8. The number of rotatable bonds is 6. The van der Waals surface area contributed by atoms with Crippen molar-refractivity contribution >= 4 is 5.91 Å². The van der Waals surface area contributed by atoms with E-state index in [0.717, 1.165) is 18.7 Å². The summed E-state index contributed by atoms with van der Waals surface area (Å²) in [4.78, 5) is 13.7. The normalized spacial score (nSPS) is 18.9. The van der Waals surface area contributed by atoms with Crippen LogP contribution in [0.5, 0.6) is 5.75 Å². The Balaban J connectivity index is 1.91. The third kappa shape index (κ3) is 3.70. The lowest BCUT2D eigenvalue weighted by atomic mass is 9.98. The largest absolute Gasteiger partial charge is 0.497 e. The van der Waals surface area contributed by atoms with Gasteiger partial charge in [-0.3, -0.25) is 4.79 Å². The van der Waals surface area contributed by atoms with Crippen LogP contribution in [0.4, 0.5) is 0 Å². The van der Waals surface area contributed by atoms with Crippen LogP contribution in [0.1, 0.15) is 12.0 Å². The zero-order valence-electron chi connectivity index (χ0n) is 11.6. The molecule has 1 amide bonds. The van der Waals surface area contributed by atoms with Gasteiger partial charge in [-0.05, 0) is 30.0 Å². The quantitative estimate of drug-likeness (QED) is 0.784. The zero-order valence-corrected chi connectivity index (χ0v) is 11.6. The lowest BCUT2D eigenvalue weighted by molar-refractivity contribution is -0.128. The summed E-state index contributed by atoms with van der Waals surface area (Å²) in [5, 5.41) is 0. The molecular formula is C15H21NO3. The summed E-state index contributed by atoms with van der Waals surface area (Å²) in [5.74, 6) is 1.51. The summed E-state index contributed by atoms with van der Waals surface area (Å²) in [6, 6.07) is 8.06. The van der Waals surface area contributed by atoms with E-state index in [-0.39, 0.29) is 5.91 Å². The van der Waals surface area contributed by atoms with Crippen LogP contribution in [-0.4, -0.2) is 44.7 Å². The van der Waals surface area contributed by atoms with Crippen LogP contribution < -0.4 is 4.74 Å². The molecule has 2 rings (SSSR count). The molecule has 4 heteroatoms. The van der Waals surface area contributed by atoms with Gasteiger partial charge in [0.05, 0.1) is 13.7 Å². The SMILES string of the molecule is COCCN1CC(Cc2cccc(OC)c2)CC1=O. The molecule has 1 unspecified atom stereocenters. The van der Waals surface area contributed by atoms with E-state index < -0.39 is 0 Å². The predicted octanol–water partition coefficient (Wildman–Crippen LogP) is 1.73. The van der Waals surface area contributed by atoms with E-state index in [9.17, 15) is 4.79 Å². The number of hydrogen-bond donors (Lipinski definition) is 0. The first-order valence-corrected chi connectivity index (χ1v) is 6.62. The number of ether oxygens (including phenoxy) is 2. The van der Waals surface area contributed by atoms with Crippen LogP contribution in [0.15, 0.2) is 24.3 Å². The standard InChI is InChI=1S/C15H21NO3/c1-18-7-6-16-11-13(10-15(16)17)8-12-4-3-5-14(9-12)19-2/h3-5,9,13H,6-8,10-11H2,1-2H3. The summed E-state index contributed by atoms with van der Waals surface area (Å²) >= 11 is 0. The molecule has 0 aliphatic carbocycles. The Labute approximate surface area is 114 Å². The van der Waals surface area contributed by atoms with Gasteiger partial charge in [-0.2, -0.15) is 0 Å². The van der Waals surface area contributed by atoms with Gasteiger partial charge in [0.1, 0.15) is 5.75 Å². The highest BCUT2D eigenvalue weighted by molar-refractivity contribution is 5.78. The van der Waals surface area contributed by atoms with Crippen molar-refractivity contribution < 1.29 is 14.3 Å². The molecule has 0 saturated carbocycles. The van der Waals surface area contributed by atoms with Crippen molar-refractivity contribution in [2.24, 2.45) is 5.92 Å². The van der Waals surface area contributed by atoms with Gasteiger partial charge in [0, 0.05) is 26.6 Å². The van der Waals surface area contributed by atoms with Gasteiger partial charge in [0.25, 0.3) is 0 Å². The monoisotopic (exact) mass is 263 g/mol. The van der Waals surface area contributed by atoms with Crippen molar-refractivity contribution in [3.8, 4) is 5.75 Å². The fourth-order valence-electron chi connectivity index (χ4n) is 2.54. The van der Waals surface area contributed by atoms with E-state index in [1.807, 2.05) is 23.1 Å². The van der Waals surface area contributed by atoms with E-state index in [1.54, 1.807) is 14.2 Å². The van der Waals surface area contributed by atoms with Gasteiger partial charge in [0.2, 0.25) is 5.91 Å². The second kappa shape index (κ2) is 6.57. The smallest absolute Gasteiger partial charge is 0.223 e. The number of carbonyl (C=O) groups is 1. The second-order valence-corrected chi connectivity index (χ2v) is 4.96. The van der Waals surface area contributed by atoms with Crippen molar-refractivity contribution in [3.05, 3.63) is 29.8 Å². The minimum Gasteiger partial charge on any atom is -0.497 e. The molecule has 0 aromatic heterocycles. The van der Waals surface area contributed by atoms with Crippen LogP contribution in [0, 0.1) is 5.92 Å². The molecule has 0 N–H and O–H groups in total. The van der Waals surface area contributed by atoms with Crippen LogP contribution in [0.3, 0.4) is 0 Å². The van der Waals surface area contributed by atoms with Gasteiger partial charge >= 0.3 is 0 Å². The third-order valence-electron chi connectivity index (χ3n) is 3.52. The topological polar surface area (TPSA) is 38.8 Å². The van der Waals surface area contributed by atoms with Gasteiger partial charge in [0.15, 0.2) is 0 Å². The van der Waals surface area contributed by atoms with Crippen LogP contribution in [0.2, 0.25) is 0 Å². The molecule has 1 heterocycles. The third-order valence-corrected chi connectivity index (χ3v) is 3.52. The van der Waals surface area contributed by atoms with Crippen LogP contribution >= 0.6 is 0 Å². The molecule has 1 aliphatic rings. The number of carbonyl (C=O) groups excluding carboxylic acids is 1. The Hall–Kier alpha value is -1.55. The highest BCUT2D eigenvalue weighted by Crippen LogP contribution is 2.23. The first kappa shape index (κ1) is 13.9. The van der Waals surface area contributed by atoms with E-state index >= 15 is 0 Å². The molecule has 1 fully saturated rings. The Morgan fingerprint density at radius 2 is 2.21 bits per heavy atom. The summed E-state index contributed by atoms with van der Waals surface area (Å²) in [6.07, 6.45) is 1.56. The van der Waals surface area contributed by atoms with Crippen molar-refractivity contribution in [1.29, 1.82) is 0 Å². The van der Waals surface area contributed by atoms with Gasteiger partial charge in [-0.1, -0.05) is 12.1 Å². The Morgan fingerprint density at radius 3 is 2.95 bits per heavy atom. The lowest BCUT2D eigenvalue weighted by Gasteiger charge is -2.16. The van der Waals surface area contributed by atoms with E-state index in [1.165, 1.54) is 5.56 Å². The molecule has 1 aromatic rings. The van der Waals surface area contributed by atoms with Crippen molar-refractivity contribution in [2.75, 3.05) is 33.9 Å². The maximum atomic E-state index is 11.8. The summed E-state index contributed by atoms with van der Waals surface area (Å²) < 4.78 is 10.2. The number of amides is 1. The first-order valence-electron chi connectivity index (χ1n) is 6.62. The predicted molar refractivity (Wildman–Crippen MR) is 73.3 cm³/mol. The second-order valence-electron chi connectivity index (χ2n) is 4.96. The average molecular weight is 263 g/mol. The highest BCUT2D eigenvalue weighted by Gasteiger charge is 2.29. The fourth-order valence-corrected chi connectivity index (χ4v) is 2.54. The van der Waals surface area contributed by atoms with Gasteiger partial charge in [-0.25, -0.2) is 0 Å². The molecule has 0 radical (unpaired) electrons. The number of likely N-dealkylation sites (tertiary alicyclic amines) is 1. The number of hydrogen-bond acceptors (Lipinski definition) is 3. The zero-order chi connectivity index (χ0) is 13.7. The van der Waals surface area contributed by atoms with Crippen LogP contribution in [0.25, 0.3) is 0 Å². The molecular weight excluding hydrogens is 242 g/mol. The summed E-state index contributed by atoms with van der Waals surface area (Å²) in [6.45, 7) is 2.14. The number of nitrogens with zero attached hydrogens (tertiary/aromatic N) is 1. The highest BCUT2D eigenvalue weighted by atomic mass is 16.5. The first-order chi connectivity index (χ1) is 9.22. The molecule has 1 atom stereocenters. The average Bonchev–Trinajstić information content (AvgIpc) is 2.76. The minimum atomic E-state index is 0.241. The number of benzene rings is 1. The molecule has 1 saturated heterocycles. The van der Waals surface area contributed by atoms with E-state index in [4.69, 9.17) is 9.47 Å². The number of methoxy groups -OCH3 is 2. The molecule has 19 heavy (non-hydrogen) atoms. The van der Waals surface area contributed by atoms with E-state index in [0.29, 0.717) is 25.5 Å². The summed E-state index contributed by atoms with van der Waals surface area (Å²) in [5.41, 5.74) is 1.23. The van der Waals surface area contributed by atoms with Crippen molar-refractivity contribution in [3.63, 3.8) is 0 Å². The molecule has 104 valence electrons. The Morgan fingerprint density at radius 1 is 1.37 bits per heavy atom. The molecule has 4 nitrogen and oxygen atoms in total. The van der Waals surface area contributed by atoms with E-state index in [2.05, 4.69) is 6.07 Å². The van der Waals surface area contributed by atoms with Gasteiger partial charge < -0.3 is 14.4 Å². The summed E-state index contributed by atoms with van der Waals surface area (Å²) in [7, 11) is 3.33. The Kier molecular flexibility index (Phi) is 4.80. The maximum Gasteiger partial charge on any atom is 0.223 e. The fraction of sp³-hybridized carbons (Fsp3) is 0.533.